The van der Waals surface area contributed by atoms with E-state index in [2.05, 4.69) is 20.5 Å². The molecule has 0 aliphatic rings. The Hall–Kier alpha value is -2.97. The fourth-order valence-corrected chi connectivity index (χ4v) is 2.69. The molecule has 0 bridgehead atoms. The molecule has 1 aromatic carbocycles. The summed E-state index contributed by atoms with van der Waals surface area (Å²) in [5, 5.41) is 9.47. The molecule has 0 spiro atoms. The number of benzene rings is 1. The second-order valence-electron chi connectivity index (χ2n) is 5.47. The zero-order valence-corrected chi connectivity index (χ0v) is 15.3. The Morgan fingerprint density at radius 1 is 1.22 bits per heavy atom. The second kappa shape index (κ2) is 7.73. The molecule has 0 aliphatic heterocycles. The first-order valence-electron chi connectivity index (χ1n) is 7.67. The maximum absolute atomic E-state index is 12.4. The van der Waals surface area contributed by atoms with Crippen LogP contribution in [-0.2, 0) is 9.53 Å². The van der Waals surface area contributed by atoms with E-state index < -0.39 is 23.5 Å². The molecule has 8 nitrogen and oxygen atoms in total. The van der Waals surface area contributed by atoms with Crippen LogP contribution in [0.5, 0.6) is 0 Å². The van der Waals surface area contributed by atoms with E-state index in [0.717, 1.165) is 0 Å². The monoisotopic (exact) mass is 406 g/mol. The Labute approximate surface area is 162 Å². The highest BCUT2D eigenvalue weighted by Crippen LogP contribution is 2.23. The normalized spacial score (nSPS) is 11.8. The van der Waals surface area contributed by atoms with Gasteiger partial charge in [-0.25, -0.2) is 14.9 Å². The van der Waals surface area contributed by atoms with Gasteiger partial charge in [0.25, 0.3) is 11.5 Å². The molecular formula is C17H12Cl2N4O4. The molecule has 0 saturated carbocycles. The molecule has 1 atom stereocenters. The van der Waals surface area contributed by atoms with Crippen molar-refractivity contribution in [2.24, 2.45) is 0 Å². The number of hydrogen-bond donors (Lipinski definition) is 2. The SMILES string of the molecule is C[C@H](OC(=O)c1n[nH]c(=O)c2ccccc12)C(=O)Nc1ncc(Cl)cc1Cl. The van der Waals surface area contributed by atoms with Gasteiger partial charge in [-0.05, 0) is 19.1 Å². The number of nitrogens with one attached hydrogen (secondary N) is 2. The number of H-pyrrole nitrogens is 1. The number of nitrogens with zero attached hydrogens (tertiary/aromatic N) is 2. The van der Waals surface area contributed by atoms with Crippen LogP contribution in [0.1, 0.15) is 17.4 Å². The van der Waals surface area contributed by atoms with E-state index in [4.69, 9.17) is 27.9 Å². The molecule has 3 rings (SSSR count). The number of fused-ring (bicyclic) bond motifs is 1. The Bertz CT molecular complexity index is 1100. The van der Waals surface area contributed by atoms with Crippen molar-refractivity contribution in [3.05, 3.63) is 62.6 Å². The van der Waals surface area contributed by atoms with Gasteiger partial charge in [0.15, 0.2) is 17.6 Å². The van der Waals surface area contributed by atoms with E-state index in [9.17, 15) is 14.4 Å². The van der Waals surface area contributed by atoms with Gasteiger partial charge in [-0.3, -0.25) is 9.59 Å². The van der Waals surface area contributed by atoms with Gasteiger partial charge in [0.1, 0.15) is 0 Å². The van der Waals surface area contributed by atoms with Crippen LogP contribution < -0.4 is 10.9 Å². The van der Waals surface area contributed by atoms with Crippen LogP contribution in [0.4, 0.5) is 5.82 Å². The topological polar surface area (TPSA) is 114 Å². The summed E-state index contributed by atoms with van der Waals surface area (Å²) in [5.74, 6) is -1.42. The van der Waals surface area contributed by atoms with Gasteiger partial charge in [-0.1, -0.05) is 41.4 Å². The highest BCUT2D eigenvalue weighted by atomic mass is 35.5. The quantitative estimate of drug-likeness (QED) is 0.643. The predicted molar refractivity (Wildman–Crippen MR) is 100 cm³/mol. The fourth-order valence-electron chi connectivity index (χ4n) is 2.27. The molecule has 2 heterocycles. The number of amides is 1. The van der Waals surface area contributed by atoms with Crippen molar-refractivity contribution < 1.29 is 14.3 Å². The number of carbonyl (C=O) groups is 2. The number of ether oxygens (including phenoxy) is 1. The van der Waals surface area contributed by atoms with Gasteiger partial charge in [-0.15, -0.1) is 0 Å². The third kappa shape index (κ3) is 4.07. The van der Waals surface area contributed by atoms with E-state index >= 15 is 0 Å². The lowest BCUT2D eigenvalue weighted by Gasteiger charge is -2.14. The predicted octanol–water partition coefficient (Wildman–Crippen LogP) is 2.81. The summed E-state index contributed by atoms with van der Waals surface area (Å²) in [6.07, 6.45) is 0.148. The summed E-state index contributed by atoms with van der Waals surface area (Å²) in [7, 11) is 0. The first-order valence-corrected chi connectivity index (χ1v) is 8.42. The van der Waals surface area contributed by atoms with Crippen molar-refractivity contribution in [1.29, 1.82) is 0 Å². The molecule has 27 heavy (non-hydrogen) atoms. The maximum atomic E-state index is 12.4. The molecule has 0 saturated heterocycles. The van der Waals surface area contributed by atoms with Crippen molar-refractivity contribution in [3.63, 3.8) is 0 Å². The number of pyridine rings is 1. The first kappa shape index (κ1) is 18.8. The van der Waals surface area contributed by atoms with E-state index in [1.165, 1.54) is 19.2 Å². The molecule has 138 valence electrons. The lowest BCUT2D eigenvalue weighted by Crippen LogP contribution is -2.31. The van der Waals surface area contributed by atoms with Crippen LogP contribution in [0, 0.1) is 0 Å². The second-order valence-corrected chi connectivity index (χ2v) is 6.31. The molecule has 1 amide bonds. The van der Waals surface area contributed by atoms with Gasteiger partial charge in [-0.2, -0.15) is 5.10 Å². The van der Waals surface area contributed by atoms with Crippen molar-refractivity contribution >= 4 is 51.7 Å². The number of esters is 1. The summed E-state index contributed by atoms with van der Waals surface area (Å²) in [6, 6.07) is 7.85. The summed E-state index contributed by atoms with van der Waals surface area (Å²) < 4.78 is 5.15. The minimum absolute atomic E-state index is 0.0848. The number of carbonyl (C=O) groups excluding carboxylic acids is 2. The van der Waals surface area contributed by atoms with Crippen LogP contribution >= 0.6 is 23.2 Å². The smallest absolute Gasteiger partial charge is 0.360 e. The number of halogens is 2. The van der Waals surface area contributed by atoms with Crippen LogP contribution in [0.2, 0.25) is 10.0 Å². The number of aromatic amines is 1. The third-order valence-electron chi connectivity index (χ3n) is 3.59. The summed E-state index contributed by atoms with van der Waals surface area (Å²) in [6.45, 7) is 1.38. The van der Waals surface area contributed by atoms with Gasteiger partial charge < -0.3 is 10.1 Å². The highest BCUT2D eigenvalue weighted by Gasteiger charge is 2.23. The lowest BCUT2D eigenvalue weighted by molar-refractivity contribution is -0.123. The van der Waals surface area contributed by atoms with E-state index in [1.54, 1.807) is 24.3 Å². The zero-order chi connectivity index (χ0) is 19.6. The molecule has 0 aliphatic carbocycles. The van der Waals surface area contributed by atoms with Crippen molar-refractivity contribution in [2.75, 3.05) is 5.32 Å². The maximum Gasteiger partial charge on any atom is 0.360 e. The van der Waals surface area contributed by atoms with E-state index in [-0.39, 0.29) is 21.9 Å². The van der Waals surface area contributed by atoms with Gasteiger partial charge >= 0.3 is 5.97 Å². The largest absolute Gasteiger partial charge is 0.448 e. The molecular weight excluding hydrogens is 395 g/mol. The number of rotatable bonds is 4. The molecule has 2 N–H and O–H groups in total. The first-order chi connectivity index (χ1) is 12.9. The molecule has 3 aromatic rings. The fraction of sp³-hybridized carbons (Fsp3) is 0.118. The Balaban J connectivity index is 1.77. The van der Waals surface area contributed by atoms with Crippen molar-refractivity contribution in [3.8, 4) is 0 Å². The summed E-state index contributed by atoms with van der Waals surface area (Å²) >= 11 is 11.7. The lowest BCUT2D eigenvalue weighted by atomic mass is 10.1. The minimum Gasteiger partial charge on any atom is -0.448 e. The Kier molecular flexibility index (Phi) is 5.38. The van der Waals surface area contributed by atoms with Crippen LogP contribution in [0.15, 0.2) is 41.3 Å². The third-order valence-corrected chi connectivity index (χ3v) is 4.09. The van der Waals surface area contributed by atoms with Crippen LogP contribution in [-0.4, -0.2) is 33.2 Å². The van der Waals surface area contributed by atoms with Gasteiger partial charge in [0.2, 0.25) is 0 Å². The number of aromatic nitrogens is 3. The molecule has 0 unspecified atom stereocenters. The molecule has 10 heteroatoms. The van der Waals surface area contributed by atoms with Crippen molar-refractivity contribution in [1.82, 2.24) is 15.2 Å². The number of hydrogen-bond acceptors (Lipinski definition) is 6. The molecule has 2 aromatic heterocycles. The van der Waals surface area contributed by atoms with Gasteiger partial charge in [0, 0.05) is 11.6 Å². The van der Waals surface area contributed by atoms with Gasteiger partial charge in [0.05, 0.1) is 15.4 Å². The average Bonchev–Trinajstić information content (AvgIpc) is 2.64. The highest BCUT2D eigenvalue weighted by molar-refractivity contribution is 6.36. The summed E-state index contributed by atoms with van der Waals surface area (Å²) in [5.41, 5.74) is -0.538. The average molecular weight is 407 g/mol. The van der Waals surface area contributed by atoms with Crippen LogP contribution in [0.3, 0.4) is 0 Å². The van der Waals surface area contributed by atoms with Crippen LogP contribution in [0.25, 0.3) is 10.8 Å². The zero-order valence-electron chi connectivity index (χ0n) is 13.8. The number of anilines is 1. The summed E-state index contributed by atoms with van der Waals surface area (Å²) in [4.78, 5) is 40.3. The molecule has 0 fully saturated rings. The van der Waals surface area contributed by atoms with E-state index in [1.807, 2.05) is 0 Å². The Morgan fingerprint density at radius 2 is 1.93 bits per heavy atom. The standard InChI is InChI=1S/C17H12Cl2N4O4/c1-8(15(24)21-14-12(19)6-9(18)7-20-14)27-17(26)13-10-4-2-3-5-11(10)16(25)23-22-13/h2-8H,1H3,(H,23,25)(H,20,21,24)/t8-/m0/s1. The molecule has 0 radical (unpaired) electrons. The van der Waals surface area contributed by atoms with Crippen molar-refractivity contribution in [2.45, 2.75) is 13.0 Å². The minimum atomic E-state index is -1.17. The van der Waals surface area contributed by atoms with E-state index in [0.29, 0.717) is 10.4 Å². The Morgan fingerprint density at radius 3 is 2.63 bits per heavy atom.